The smallest absolute Gasteiger partial charge is 0.319 e. The van der Waals surface area contributed by atoms with Gasteiger partial charge in [0.15, 0.2) is 11.5 Å². The zero-order chi connectivity index (χ0) is 20.5. The first kappa shape index (κ1) is 21.6. The Kier molecular flexibility index (Phi) is 8.21. The highest BCUT2D eigenvalue weighted by atomic mass is 35.5. The Morgan fingerprint density at radius 2 is 1.75 bits per heavy atom. The van der Waals surface area contributed by atoms with Gasteiger partial charge in [-0.25, -0.2) is 9.00 Å². The van der Waals surface area contributed by atoms with Crippen LogP contribution in [0.25, 0.3) is 0 Å². The number of carbonyl (C=O) groups is 1. The number of hydrogen-bond donors (Lipinski definition) is 2. The van der Waals surface area contributed by atoms with Crippen molar-refractivity contribution in [2.45, 2.75) is 4.90 Å². The fourth-order valence-electron chi connectivity index (χ4n) is 2.25. The third-order valence-electron chi connectivity index (χ3n) is 3.47. The molecule has 1 unspecified atom stereocenters. The number of carbonyl (C=O) groups excluding carboxylic acids is 1. The van der Waals surface area contributed by atoms with Crippen LogP contribution in [0.4, 0.5) is 10.5 Å². The molecule has 8 nitrogen and oxygen atoms in total. The zero-order valence-electron chi connectivity index (χ0n) is 15.6. The molecule has 2 aromatic carbocycles. The second-order valence-electron chi connectivity index (χ2n) is 5.28. The first-order valence-electron chi connectivity index (χ1n) is 8.13. The van der Waals surface area contributed by atoms with E-state index in [1.165, 1.54) is 21.3 Å². The van der Waals surface area contributed by atoms with E-state index < -0.39 is 17.1 Å². The van der Waals surface area contributed by atoms with Crippen LogP contribution < -0.4 is 29.0 Å². The number of amides is 2. The number of hydrogen-bond acceptors (Lipinski definition) is 6. The Labute approximate surface area is 170 Å². The fourth-order valence-corrected chi connectivity index (χ4v) is 3.13. The van der Waals surface area contributed by atoms with Crippen LogP contribution in [0, 0.1) is 0 Å². The van der Waals surface area contributed by atoms with E-state index in [0.717, 1.165) is 0 Å². The minimum atomic E-state index is -1.84. The molecule has 0 spiro atoms. The van der Waals surface area contributed by atoms with Crippen LogP contribution in [0.15, 0.2) is 41.3 Å². The molecule has 0 saturated heterocycles. The standard InChI is InChI=1S/C18H21ClN2O6S/c1-24-15-10-13(11-16(25-2)17(15)26-3)27-28(23)14-6-4-5-12(9-14)21-18(22)20-8-7-19/h4-6,9-11H,7-8H2,1-3H3,(H2,20,21,22). The molecule has 10 heteroatoms. The number of benzene rings is 2. The Morgan fingerprint density at radius 3 is 2.32 bits per heavy atom. The Hall–Kier alpha value is -2.65. The van der Waals surface area contributed by atoms with Crippen molar-refractivity contribution in [2.24, 2.45) is 0 Å². The maximum Gasteiger partial charge on any atom is 0.319 e. The summed E-state index contributed by atoms with van der Waals surface area (Å²) in [5.41, 5.74) is 0.464. The van der Waals surface area contributed by atoms with Gasteiger partial charge in [0, 0.05) is 30.2 Å². The number of methoxy groups -OCH3 is 3. The lowest BCUT2D eigenvalue weighted by Crippen LogP contribution is -2.30. The lowest BCUT2D eigenvalue weighted by molar-refractivity contribution is 0.252. The van der Waals surface area contributed by atoms with Gasteiger partial charge in [0.05, 0.1) is 26.2 Å². The van der Waals surface area contributed by atoms with Crippen molar-refractivity contribution in [3.05, 3.63) is 36.4 Å². The van der Waals surface area contributed by atoms with E-state index in [1.54, 1.807) is 36.4 Å². The molecule has 0 saturated carbocycles. The van der Waals surface area contributed by atoms with Crippen molar-refractivity contribution >= 4 is 34.4 Å². The van der Waals surface area contributed by atoms with Crippen LogP contribution in [0.2, 0.25) is 0 Å². The van der Waals surface area contributed by atoms with Gasteiger partial charge in [-0.15, -0.1) is 11.6 Å². The summed E-state index contributed by atoms with van der Waals surface area (Å²) < 4.78 is 33.9. The Morgan fingerprint density at radius 1 is 1.07 bits per heavy atom. The summed E-state index contributed by atoms with van der Waals surface area (Å²) in [6, 6.07) is 9.17. The van der Waals surface area contributed by atoms with Crippen LogP contribution >= 0.6 is 11.6 Å². The van der Waals surface area contributed by atoms with Gasteiger partial charge in [-0.1, -0.05) is 6.07 Å². The van der Waals surface area contributed by atoms with E-state index in [0.29, 0.717) is 40.3 Å². The molecule has 0 aliphatic carbocycles. The number of halogens is 1. The highest BCUT2D eigenvalue weighted by molar-refractivity contribution is 7.80. The van der Waals surface area contributed by atoms with Crippen molar-refractivity contribution in [3.8, 4) is 23.0 Å². The Balaban J connectivity index is 2.17. The van der Waals surface area contributed by atoms with E-state index in [2.05, 4.69) is 10.6 Å². The van der Waals surface area contributed by atoms with E-state index in [1.807, 2.05) is 0 Å². The maximum atomic E-state index is 12.6. The number of alkyl halides is 1. The number of anilines is 1. The molecule has 0 aliphatic rings. The topological polar surface area (TPSA) is 95.1 Å². The minimum absolute atomic E-state index is 0.269. The molecule has 152 valence electrons. The molecular formula is C18H21ClN2O6S. The van der Waals surface area contributed by atoms with Gasteiger partial charge in [-0.05, 0) is 18.2 Å². The van der Waals surface area contributed by atoms with Crippen molar-refractivity contribution < 1.29 is 27.4 Å². The van der Waals surface area contributed by atoms with E-state index in [9.17, 15) is 9.00 Å². The van der Waals surface area contributed by atoms with Crippen molar-refractivity contribution in [1.82, 2.24) is 5.32 Å². The van der Waals surface area contributed by atoms with E-state index >= 15 is 0 Å². The van der Waals surface area contributed by atoms with Gasteiger partial charge in [0.1, 0.15) is 5.75 Å². The normalized spacial score (nSPS) is 11.3. The van der Waals surface area contributed by atoms with Crippen molar-refractivity contribution in [1.29, 1.82) is 0 Å². The van der Waals surface area contributed by atoms with Crippen LogP contribution in [-0.4, -0.2) is 44.0 Å². The molecule has 0 radical (unpaired) electrons. The maximum absolute atomic E-state index is 12.6. The van der Waals surface area contributed by atoms with Crippen LogP contribution in [-0.2, 0) is 11.1 Å². The van der Waals surface area contributed by atoms with E-state index in [-0.39, 0.29) is 5.75 Å². The fraction of sp³-hybridized carbons (Fsp3) is 0.278. The third kappa shape index (κ3) is 5.67. The van der Waals surface area contributed by atoms with Crippen molar-refractivity contribution in [2.75, 3.05) is 39.1 Å². The molecule has 2 amide bonds. The second kappa shape index (κ2) is 10.6. The number of urea groups is 1. The number of ether oxygens (including phenoxy) is 3. The lowest BCUT2D eigenvalue weighted by atomic mass is 10.2. The van der Waals surface area contributed by atoms with E-state index in [4.69, 9.17) is 30.0 Å². The molecule has 0 fully saturated rings. The highest BCUT2D eigenvalue weighted by Gasteiger charge is 2.16. The molecule has 2 rings (SSSR count). The zero-order valence-corrected chi connectivity index (χ0v) is 17.2. The summed E-state index contributed by atoms with van der Waals surface area (Å²) in [4.78, 5) is 12.1. The molecule has 0 aliphatic heterocycles. The quantitative estimate of drug-likeness (QED) is 0.595. The molecule has 0 aromatic heterocycles. The summed E-state index contributed by atoms with van der Waals surface area (Å²) in [7, 11) is 4.44. The highest BCUT2D eigenvalue weighted by Crippen LogP contribution is 2.41. The van der Waals surface area contributed by atoms with Gasteiger partial charge >= 0.3 is 6.03 Å². The van der Waals surface area contributed by atoms with Gasteiger partial charge in [0.25, 0.3) is 0 Å². The second-order valence-corrected chi connectivity index (χ2v) is 6.76. The van der Waals surface area contributed by atoms with Gasteiger partial charge in [0.2, 0.25) is 16.8 Å². The number of nitrogens with one attached hydrogen (secondary N) is 2. The average molecular weight is 429 g/mol. The molecule has 0 bridgehead atoms. The number of rotatable bonds is 9. The Bertz CT molecular complexity index is 824. The predicted molar refractivity (Wildman–Crippen MR) is 107 cm³/mol. The molecule has 2 N–H and O–H groups in total. The van der Waals surface area contributed by atoms with Crippen molar-refractivity contribution in [3.63, 3.8) is 0 Å². The molecule has 1 atom stereocenters. The SMILES string of the molecule is COc1cc(OS(=O)c2cccc(NC(=O)NCCCl)c2)cc(OC)c1OC. The van der Waals surface area contributed by atoms with Crippen LogP contribution in [0.3, 0.4) is 0 Å². The molecule has 28 heavy (non-hydrogen) atoms. The largest absolute Gasteiger partial charge is 0.493 e. The lowest BCUT2D eigenvalue weighted by Gasteiger charge is -2.14. The summed E-state index contributed by atoms with van der Waals surface area (Å²) in [6.07, 6.45) is 0. The first-order valence-corrected chi connectivity index (χ1v) is 9.74. The molecule has 2 aromatic rings. The first-order chi connectivity index (χ1) is 13.5. The van der Waals surface area contributed by atoms with Crippen LogP contribution in [0.5, 0.6) is 23.0 Å². The molecular weight excluding hydrogens is 408 g/mol. The summed E-state index contributed by atoms with van der Waals surface area (Å²) in [5, 5.41) is 5.21. The third-order valence-corrected chi connectivity index (χ3v) is 4.65. The van der Waals surface area contributed by atoms with Gasteiger partial charge < -0.3 is 29.0 Å². The van der Waals surface area contributed by atoms with Gasteiger partial charge in [-0.3, -0.25) is 0 Å². The monoisotopic (exact) mass is 428 g/mol. The predicted octanol–water partition coefficient (Wildman–Crippen LogP) is 3.17. The average Bonchev–Trinajstić information content (AvgIpc) is 2.71. The summed E-state index contributed by atoms with van der Waals surface area (Å²) in [6.45, 7) is 0.337. The molecule has 0 heterocycles. The van der Waals surface area contributed by atoms with Crippen LogP contribution in [0.1, 0.15) is 0 Å². The summed E-state index contributed by atoms with van der Waals surface area (Å²) in [5.74, 6) is 1.73. The minimum Gasteiger partial charge on any atom is -0.493 e. The van der Waals surface area contributed by atoms with Gasteiger partial charge in [-0.2, -0.15) is 0 Å². The summed E-state index contributed by atoms with van der Waals surface area (Å²) >= 11 is 3.69.